The average Bonchev–Trinajstić information content (AvgIpc) is 3.32. The molecule has 0 radical (unpaired) electrons. The molecule has 8 heteroatoms. The van der Waals surface area contributed by atoms with Gasteiger partial charge in [0.25, 0.3) is 0 Å². The van der Waals surface area contributed by atoms with Crippen molar-refractivity contribution < 1.29 is 30.3 Å². The molecule has 0 bridgehead atoms. The topological polar surface area (TPSA) is 142 Å². The molecular formula is C34H56N2O6. The molecule has 2 rings (SSSR count). The third-order valence-corrected chi connectivity index (χ3v) is 9.68. The van der Waals surface area contributed by atoms with Crippen LogP contribution in [0.3, 0.4) is 0 Å². The quantitative estimate of drug-likeness (QED) is 0.0450. The van der Waals surface area contributed by atoms with Crippen LogP contribution < -0.4 is 10.6 Å². The summed E-state index contributed by atoms with van der Waals surface area (Å²) in [5.41, 5.74) is 2.04. The predicted molar refractivity (Wildman–Crippen MR) is 169 cm³/mol. The smallest absolute Gasteiger partial charge is 0.145 e. The Morgan fingerprint density at radius 2 is 1.98 bits per heavy atom. The van der Waals surface area contributed by atoms with E-state index in [9.17, 15) is 30.3 Å². The number of likely N-dealkylation sites (N-methyl/N-ethyl adjacent to an activating group) is 1. The molecule has 7 N–H and O–H groups in total. The third-order valence-electron chi connectivity index (χ3n) is 9.68. The van der Waals surface area contributed by atoms with Crippen LogP contribution in [0.4, 0.5) is 0 Å². The molecule has 8 nitrogen and oxygen atoms in total. The molecule has 2 fully saturated rings. The first-order valence-corrected chi connectivity index (χ1v) is 15.6. The van der Waals surface area contributed by atoms with E-state index in [1.54, 1.807) is 6.92 Å². The molecule has 0 unspecified atom stereocenters. The van der Waals surface area contributed by atoms with Gasteiger partial charge in [-0.1, -0.05) is 49.0 Å². The van der Waals surface area contributed by atoms with Gasteiger partial charge in [-0.25, -0.2) is 0 Å². The maximum atomic E-state index is 12.3. The second-order valence-corrected chi connectivity index (χ2v) is 12.1. The monoisotopic (exact) mass is 588 g/mol. The van der Waals surface area contributed by atoms with Crippen molar-refractivity contribution in [1.29, 1.82) is 0 Å². The first-order valence-electron chi connectivity index (χ1n) is 15.6. The first-order chi connectivity index (χ1) is 20.1. The largest absolute Gasteiger partial charge is 0.396 e. The van der Waals surface area contributed by atoms with Crippen molar-refractivity contribution in [3.8, 4) is 0 Å². The van der Waals surface area contributed by atoms with Crippen molar-refractivity contribution in [3.63, 3.8) is 0 Å². The van der Waals surface area contributed by atoms with Crippen LogP contribution in [0.2, 0.25) is 0 Å². The molecule has 2 aliphatic carbocycles. The van der Waals surface area contributed by atoms with Crippen molar-refractivity contribution in [2.45, 2.75) is 96.5 Å². The Balaban J connectivity index is 2.34. The molecule has 0 amide bonds. The highest BCUT2D eigenvalue weighted by Gasteiger charge is 2.65. The number of aliphatic hydroxyl groups excluding tert-OH is 4. The molecule has 42 heavy (non-hydrogen) atoms. The zero-order valence-electron chi connectivity index (χ0n) is 26.2. The zero-order chi connectivity index (χ0) is 31.3. The Kier molecular flexibility index (Phi) is 15.0. The van der Waals surface area contributed by atoms with Gasteiger partial charge in [0, 0.05) is 17.9 Å². The summed E-state index contributed by atoms with van der Waals surface area (Å²) in [6.45, 7) is 10.8. The Hall–Kier alpha value is -1.91. The SMILES string of the molecule is C=C(/C=C/C=C(/CO)[C@@H]1CC[C@]2([C@@H]1O)[C@@H](CCCO)/C(=C(/C)C=O)CC[C@]2(O)CCNC)CC/C=C(\C)[C@@H](O)NCC. The van der Waals surface area contributed by atoms with Gasteiger partial charge < -0.3 is 30.8 Å². The fourth-order valence-corrected chi connectivity index (χ4v) is 7.32. The molecule has 1 spiro atoms. The number of allylic oxidation sites excluding steroid dienone is 7. The molecule has 0 aromatic carbocycles. The molecule has 0 aromatic heterocycles. The molecule has 0 heterocycles. The van der Waals surface area contributed by atoms with Gasteiger partial charge >= 0.3 is 0 Å². The molecule has 0 aromatic rings. The Morgan fingerprint density at radius 1 is 1.24 bits per heavy atom. The van der Waals surface area contributed by atoms with E-state index in [0.717, 1.165) is 35.8 Å². The average molecular weight is 589 g/mol. The number of hydrogen-bond donors (Lipinski definition) is 7. The second kappa shape index (κ2) is 17.4. The van der Waals surface area contributed by atoms with Gasteiger partial charge in [-0.15, -0.1) is 0 Å². The van der Waals surface area contributed by atoms with Gasteiger partial charge in [-0.2, -0.15) is 0 Å². The van der Waals surface area contributed by atoms with E-state index >= 15 is 0 Å². The minimum absolute atomic E-state index is 0.00346. The number of aldehydes is 1. The van der Waals surface area contributed by atoms with E-state index < -0.39 is 23.3 Å². The van der Waals surface area contributed by atoms with Crippen LogP contribution in [0.15, 0.2) is 58.7 Å². The van der Waals surface area contributed by atoms with E-state index in [-0.39, 0.29) is 25.0 Å². The maximum Gasteiger partial charge on any atom is 0.145 e. The highest BCUT2D eigenvalue weighted by molar-refractivity contribution is 5.74. The lowest BCUT2D eigenvalue weighted by Gasteiger charge is -2.57. The van der Waals surface area contributed by atoms with Gasteiger partial charge in [0.05, 0.1) is 18.3 Å². The summed E-state index contributed by atoms with van der Waals surface area (Å²) in [5, 5.41) is 60.6. The lowest BCUT2D eigenvalue weighted by Crippen LogP contribution is -2.61. The highest BCUT2D eigenvalue weighted by atomic mass is 16.3. The summed E-state index contributed by atoms with van der Waals surface area (Å²) in [4.78, 5) is 11.9. The van der Waals surface area contributed by atoms with E-state index in [4.69, 9.17) is 0 Å². The number of carbonyl (C=O) groups excluding carboxylic acids is 1. The van der Waals surface area contributed by atoms with Gasteiger partial charge in [0.1, 0.15) is 12.5 Å². The number of hydrogen-bond acceptors (Lipinski definition) is 8. The van der Waals surface area contributed by atoms with E-state index in [0.29, 0.717) is 69.2 Å². The van der Waals surface area contributed by atoms with Crippen molar-refractivity contribution in [1.82, 2.24) is 10.6 Å². The summed E-state index contributed by atoms with van der Waals surface area (Å²) >= 11 is 0. The number of aliphatic hydroxyl groups is 5. The van der Waals surface area contributed by atoms with E-state index in [1.165, 1.54) is 0 Å². The van der Waals surface area contributed by atoms with Gasteiger partial charge in [-0.05, 0) is 114 Å². The summed E-state index contributed by atoms with van der Waals surface area (Å²) in [6, 6.07) is 0. The van der Waals surface area contributed by atoms with Crippen LogP contribution in [-0.4, -0.2) is 83.1 Å². The van der Waals surface area contributed by atoms with E-state index in [1.807, 2.05) is 45.2 Å². The third kappa shape index (κ3) is 8.38. The number of rotatable bonds is 17. The Labute approximate surface area is 253 Å². The lowest BCUT2D eigenvalue weighted by atomic mass is 9.51. The normalized spacial score (nSPS) is 30.7. The van der Waals surface area contributed by atoms with Crippen LogP contribution >= 0.6 is 0 Å². The van der Waals surface area contributed by atoms with Crippen LogP contribution in [0.25, 0.3) is 0 Å². The molecule has 0 aliphatic heterocycles. The zero-order valence-corrected chi connectivity index (χ0v) is 26.2. The summed E-state index contributed by atoms with van der Waals surface area (Å²) in [5.74, 6) is -0.594. The van der Waals surface area contributed by atoms with Crippen molar-refractivity contribution in [2.24, 2.45) is 17.3 Å². The summed E-state index contributed by atoms with van der Waals surface area (Å²) < 4.78 is 0. The van der Waals surface area contributed by atoms with Crippen LogP contribution in [-0.2, 0) is 4.79 Å². The van der Waals surface area contributed by atoms with Crippen LogP contribution in [0.1, 0.15) is 78.6 Å². The van der Waals surface area contributed by atoms with Gasteiger partial charge in [0.2, 0.25) is 0 Å². The molecule has 6 atom stereocenters. The minimum atomic E-state index is -1.16. The second-order valence-electron chi connectivity index (χ2n) is 12.1. The van der Waals surface area contributed by atoms with Gasteiger partial charge in [0.15, 0.2) is 0 Å². The standard InChI is InChI=1S/C34H56N2O6/c1-6-36-32(41)25(3)12-7-10-24(2)11-8-13-27(23-39)29-16-18-34(31(29)40)30(14-9-21-37)28(26(4)22-38)15-17-33(34,42)19-20-35-5/h8,11-13,22,29-32,35-37,39-42H,2,6-7,9-10,14-21,23H2,1,3-5H3/b11-8+,25-12+,27-13-,28-26-/t29-,30-,31+,32+,33-,34+/m0/s1. The van der Waals surface area contributed by atoms with E-state index in [2.05, 4.69) is 17.2 Å². The fraction of sp³-hybridized carbons (Fsp3) is 0.676. The van der Waals surface area contributed by atoms with Crippen LogP contribution in [0, 0.1) is 17.3 Å². The fourth-order valence-electron chi connectivity index (χ4n) is 7.32. The number of nitrogens with one attached hydrogen (secondary N) is 2. The maximum absolute atomic E-state index is 12.3. The van der Waals surface area contributed by atoms with Crippen molar-refractivity contribution in [2.75, 3.05) is 33.4 Å². The Morgan fingerprint density at radius 3 is 2.60 bits per heavy atom. The summed E-state index contributed by atoms with van der Waals surface area (Å²) in [7, 11) is 1.84. The highest BCUT2D eigenvalue weighted by Crippen LogP contribution is 2.63. The minimum Gasteiger partial charge on any atom is -0.396 e. The van der Waals surface area contributed by atoms with Gasteiger partial charge in [-0.3, -0.25) is 10.1 Å². The Bertz CT molecular complexity index is 1020. The van der Waals surface area contributed by atoms with Crippen molar-refractivity contribution in [3.05, 3.63) is 58.7 Å². The lowest BCUT2D eigenvalue weighted by molar-refractivity contribution is -0.180. The summed E-state index contributed by atoms with van der Waals surface area (Å²) in [6.07, 6.45) is 12.1. The molecular weight excluding hydrogens is 532 g/mol. The molecule has 2 saturated carbocycles. The first kappa shape index (κ1) is 36.3. The van der Waals surface area contributed by atoms with Crippen LogP contribution in [0.5, 0.6) is 0 Å². The molecule has 2 aliphatic rings. The van der Waals surface area contributed by atoms with Crippen molar-refractivity contribution >= 4 is 6.29 Å². The number of carbonyl (C=O) groups is 1. The predicted octanol–water partition coefficient (Wildman–Crippen LogP) is 3.47. The molecule has 0 saturated heterocycles. The molecule has 238 valence electrons.